The van der Waals surface area contributed by atoms with Crippen LogP contribution in [0.2, 0.25) is 0 Å². The Morgan fingerprint density at radius 1 is 1.23 bits per heavy atom. The van der Waals surface area contributed by atoms with Crippen LogP contribution in [0.15, 0.2) is 36.5 Å². The molecular formula is C17H19N3O2. The molecule has 2 aromatic rings. The summed E-state index contributed by atoms with van der Waals surface area (Å²) in [6, 6.07) is 9.02. The predicted octanol–water partition coefficient (Wildman–Crippen LogP) is 3.74. The molecule has 0 bridgehead atoms. The van der Waals surface area contributed by atoms with Gasteiger partial charge in [-0.05, 0) is 37.1 Å². The maximum Gasteiger partial charge on any atom is 0.226 e. The number of nitrogens with zero attached hydrogens (tertiary/aromatic N) is 2. The molecule has 0 radical (unpaired) electrons. The van der Waals surface area contributed by atoms with E-state index in [4.69, 9.17) is 4.74 Å². The third-order valence-electron chi connectivity index (χ3n) is 3.46. The molecule has 1 aromatic carbocycles. The van der Waals surface area contributed by atoms with Crippen LogP contribution in [0.4, 0.5) is 5.69 Å². The third kappa shape index (κ3) is 3.61. The molecular weight excluding hydrogens is 278 g/mol. The van der Waals surface area contributed by atoms with E-state index in [2.05, 4.69) is 15.3 Å². The van der Waals surface area contributed by atoms with Gasteiger partial charge in [0.1, 0.15) is 11.6 Å². The SMILES string of the molecule is CC(C)C(=O)Nc1ccc(Oc2ccnc(C3CC3)n2)cc1. The Bertz CT molecular complexity index is 664. The monoisotopic (exact) mass is 297 g/mol. The fraction of sp³-hybridized carbons (Fsp3) is 0.353. The Kier molecular flexibility index (Phi) is 4.04. The van der Waals surface area contributed by atoms with Gasteiger partial charge >= 0.3 is 0 Å². The second-order valence-corrected chi connectivity index (χ2v) is 5.80. The van der Waals surface area contributed by atoms with Crippen LogP contribution in [0.5, 0.6) is 11.6 Å². The van der Waals surface area contributed by atoms with Crippen molar-refractivity contribution < 1.29 is 9.53 Å². The number of aromatic nitrogens is 2. The van der Waals surface area contributed by atoms with E-state index in [-0.39, 0.29) is 11.8 Å². The molecule has 1 heterocycles. The van der Waals surface area contributed by atoms with E-state index in [1.807, 2.05) is 38.1 Å². The summed E-state index contributed by atoms with van der Waals surface area (Å²) in [5, 5.41) is 2.84. The van der Waals surface area contributed by atoms with Crippen molar-refractivity contribution in [2.75, 3.05) is 5.32 Å². The second-order valence-electron chi connectivity index (χ2n) is 5.80. The number of nitrogens with one attached hydrogen (secondary N) is 1. The number of amides is 1. The van der Waals surface area contributed by atoms with Gasteiger partial charge in [0, 0.05) is 29.8 Å². The molecule has 1 saturated carbocycles. The number of ether oxygens (including phenoxy) is 1. The van der Waals surface area contributed by atoms with Gasteiger partial charge in [0.15, 0.2) is 0 Å². The first-order valence-electron chi connectivity index (χ1n) is 7.53. The average Bonchev–Trinajstić information content (AvgIpc) is 3.34. The maximum atomic E-state index is 11.6. The fourth-order valence-electron chi connectivity index (χ4n) is 1.97. The van der Waals surface area contributed by atoms with Crippen molar-refractivity contribution in [3.8, 4) is 11.6 Å². The normalized spacial score (nSPS) is 14.0. The van der Waals surface area contributed by atoms with Crippen LogP contribution >= 0.6 is 0 Å². The van der Waals surface area contributed by atoms with E-state index in [1.165, 1.54) is 0 Å². The van der Waals surface area contributed by atoms with Crippen molar-refractivity contribution in [1.29, 1.82) is 0 Å². The Balaban J connectivity index is 1.65. The minimum atomic E-state index is -0.0437. The molecule has 114 valence electrons. The highest BCUT2D eigenvalue weighted by Crippen LogP contribution is 2.38. The summed E-state index contributed by atoms with van der Waals surface area (Å²) in [5.74, 6) is 2.55. The van der Waals surface area contributed by atoms with Gasteiger partial charge in [-0.3, -0.25) is 4.79 Å². The van der Waals surface area contributed by atoms with E-state index in [0.717, 1.165) is 24.4 Å². The lowest BCUT2D eigenvalue weighted by molar-refractivity contribution is -0.118. The van der Waals surface area contributed by atoms with Crippen LogP contribution in [0.3, 0.4) is 0 Å². The molecule has 0 atom stereocenters. The molecule has 1 amide bonds. The molecule has 0 saturated heterocycles. The van der Waals surface area contributed by atoms with Crippen molar-refractivity contribution in [2.24, 2.45) is 5.92 Å². The van der Waals surface area contributed by atoms with Crippen molar-refractivity contribution in [2.45, 2.75) is 32.6 Å². The highest BCUT2D eigenvalue weighted by atomic mass is 16.5. The zero-order chi connectivity index (χ0) is 15.5. The van der Waals surface area contributed by atoms with Gasteiger partial charge in [-0.25, -0.2) is 4.98 Å². The minimum absolute atomic E-state index is 0.00135. The number of carbonyl (C=O) groups is 1. The number of benzene rings is 1. The molecule has 22 heavy (non-hydrogen) atoms. The molecule has 0 aliphatic heterocycles. The third-order valence-corrected chi connectivity index (χ3v) is 3.46. The quantitative estimate of drug-likeness (QED) is 0.913. The van der Waals surface area contributed by atoms with Crippen LogP contribution in [-0.4, -0.2) is 15.9 Å². The van der Waals surface area contributed by atoms with Crippen molar-refractivity contribution in [1.82, 2.24) is 9.97 Å². The number of anilines is 1. The molecule has 3 rings (SSSR count). The Morgan fingerprint density at radius 3 is 2.59 bits per heavy atom. The number of carbonyl (C=O) groups excluding carboxylic acids is 1. The van der Waals surface area contributed by atoms with Gasteiger partial charge in [-0.2, -0.15) is 4.98 Å². The summed E-state index contributed by atoms with van der Waals surface area (Å²) in [6.45, 7) is 3.72. The van der Waals surface area contributed by atoms with Gasteiger partial charge in [-0.1, -0.05) is 13.8 Å². The van der Waals surface area contributed by atoms with Crippen LogP contribution < -0.4 is 10.1 Å². The largest absolute Gasteiger partial charge is 0.439 e. The molecule has 1 N–H and O–H groups in total. The zero-order valence-electron chi connectivity index (χ0n) is 12.7. The number of rotatable bonds is 5. The Hall–Kier alpha value is -2.43. The Labute approximate surface area is 129 Å². The molecule has 1 aromatic heterocycles. The summed E-state index contributed by atoms with van der Waals surface area (Å²) in [5.41, 5.74) is 0.757. The predicted molar refractivity (Wildman–Crippen MR) is 84.0 cm³/mol. The van der Waals surface area contributed by atoms with E-state index in [9.17, 15) is 4.79 Å². The maximum absolute atomic E-state index is 11.6. The summed E-state index contributed by atoms with van der Waals surface area (Å²) >= 11 is 0. The average molecular weight is 297 g/mol. The van der Waals surface area contributed by atoms with Crippen LogP contribution in [0.25, 0.3) is 0 Å². The van der Waals surface area contributed by atoms with Crippen molar-refractivity contribution in [3.05, 3.63) is 42.4 Å². The van der Waals surface area contributed by atoms with Crippen molar-refractivity contribution in [3.63, 3.8) is 0 Å². The molecule has 5 heteroatoms. The Morgan fingerprint density at radius 2 is 1.95 bits per heavy atom. The van der Waals surface area contributed by atoms with E-state index in [0.29, 0.717) is 17.5 Å². The lowest BCUT2D eigenvalue weighted by Crippen LogP contribution is -2.17. The van der Waals surface area contributed by atoms with Gasteiger partial charge in [-0.15, -0.1) is 0 Å². The topological polar surface area (TPSA) is 64.1 Å². The lowest BCUT2D eigenvalue weighted by Gasteiger charge is -2.09. The first-order valence-corrected chi connectivity index (χ1v) is 7.53. The van der Waals surface area contributed by atoms with E-state index < -0.39 is 0 Å². The highest BCUT2D eigenvalue weighted by molar-refractivity contribution is 5.92. The first-order chi connectivity index (χ1) is 10.6. The molecule has 1 fully saturated rings. The number of hydrogen-bond acceptors (Lipinski definition) is 4. The zero-order valence-corrected chi connectivity index (χ0v) is 12.7. The molecule has 5 nitrogen and oxygen atoms in total. The standard InChI is InChI=1S/C17H19N3O2/c1-11(2)17(21)19-13-5-7-14(8-6-13)22-15-9-10-18-16(20-15)12-3-4-12/h5-12H,3-4H2,1-2H3,(H,19,21). The summed E-state index contributed by atoms with van der Waals surface area (Å²) in [4.78, 5) is 20.3. The van der Waals surface area contributed by atoms with Gasteiger partial charge < -0.3 is 10.1 Å². The van der Waals surface area contributed by atoms with Crippen LogP contribution in [-0.2, 0) is 4.79 Å². The second kappa shape index (κ2) is 6.13. The smallest absolute Gasteiger partial charge is 0.226 e. The van der Waals surface area contributed by atoms with Crippen LogP contribution in [0.1, 0.15) is 38.4 Å². The molecule has 0 spiro atoms. The summed E-state index contributed by atoms with van der Waals surface area (Å²) < 4.78 is 5.74. The molecule has 0 unspecified atom stereocenters. The van der Waals surface area contributed by atoms with Crippen LogP contribution in [0, 0.1) is 5.92 Å². The van der Waals surface area contributed by atoms with Gasteiger partial charge in [0.2, 0.25) is 11.8 Å². The van der Waals surface area contributed by atoms with Gasteiger partial charge in [0.05, 0.1) is 0 Å². The summed E-state index contributed by atoms with van der Waals surface area (Å²) in [6.07, 6.45) is 4.05. The van der Waals surface area contributed by atoms with Crippen molar-refractivity contribution >= 4 is 11.6 Å². The van der Waals surface area contributed by atoms with E-state index >= 15 is 0 Å². The highest BCUT2D eigenvalue weighted by Gasteiger charge is 2.26. The fourth-order valence-corrected chi connectivity index (χ4v) is 1.97. The molecule has 1 aliphatic carbocycles. The van der Waals surface area contributed by atoms with Gasteiger partial charge in [0.25, 0.3) is 0 Å². The number of hydrogen-bond donors (Lipinski definition) is 1. The lowest BCUT2D eigenvalue weighted by atomic mass is 10.2. The minimum Gasteiger partial charge on any atom is -0.439 e. The molecule has 1 aliphatic rings. The van der Waals surface area contributed by atoms with E-state index in [1.54, 1.807) is 12.3 Å². The summed E-state index contributed by atoms with van der Waals surface area (Å²) in [7, 11) is 0. The first kappa shape index (κ1) is 14.5.